The van der Waals surface area contributed by atoms with Gasteiger partial charge in [0.05, 0.1) is 10.7 Å². The first kappa shape index (κ1) is 13.7. The van der Waals surface area contributed by atoms with E-state index in [2.05, 4.69) is 20.3 Å². The Labute approximate surface area is 111 Å². The average molecular weight is 341 g/mol. The Balaban J connectivity index is 2.71. The summed E-state index contributed by atoms with van der Waals surface area (Å²) in [7, 11) is 0. The van der Waals surface area contributed by atoms with Crippen molar-refractivity contribution < 1.29 is 31.2 Å². The minimum Gasteiger partial charge on any atom is -0.460 e. The van der Waals surface area contributed by atoms with Gasteiger partial charge in [-0.25, -0.2) is 22.0 Å². The maximum absolute atomic E-state index is 13.4. The lowest BCUT2D eigenvalue weighted by Crippen LogP contribution is -2.13. The zero-order chi connectivity index (χ0) is 14.3. The summed E-state index contributed by atoms with van der Waals surface area (Å²) in [5.41, 5.74) is -1.56. The van der Waals surface area contributed by atoms with Crippen molar-refractivity contribution in [3.63, 3.8) is 0 Å². The topological polar surface area (TPSA) is 30.2 Å². The molecule has 0 saturated carbocycles. The van der Waals surface area contributed by atoms with Gasteiger partial charge in [0.1, 0.15) is 5.56 Å². The van der Waals surface area contributed by atoms with Gasteiger partial charge in [-0.1, -0.05) is 0 Å². The molecule has 0 fully saturated rings. The van der Waals surface area contributed by atoms with E-state index in [0.29, 0.717) is 0 Å². The standard InChI is InChI=1S/C11H2BrF5O2/c12-3-1-2-19-11(3)10(18)4-5(13)7(15)9(17)8(16)6(4)14/h1-2H. The molecule has 8 heteroatoms. The normalized spacial score (nSPS) is 10.8. The third-order valence-electron chi connectivity index (χ3n) is 2.26. The van der Waals surface area contributed by atoms with Gasteiger partial charge in [-0.15, -0.1) is 0 Å². The second-order valence-electron chi connectivity index (χ2n) is 3.37. The zero-order valence-electron chi connectivity index (χ0n) is 8.74. The van der Waals surface area contributed by atoms with E-state index in [1.165, 1.54) is 6.07 Å². The molecule has 0 aliphatic heterocycles. The van der Waals surface area contributed by atoms with Crippen LogP contribution in [0.4, 0.5) is 22.0 Å². The third kappa shape index (κ3) is 2.05. The van der Waals surface area contributed by atoms with Crippen molar-refractivity contribution >= 4 is 21.7 Å². The van der Waals surface area contributed by atoms with Gasteiger partial charge in [0.2, 0.25) is 11.6 Å². The van der Waals surface area contributed by atoms with Crippen LogP contribution in [0.25, 0.3) is 0 Å². The van der Waals surface area contributed by atoms with Crippen LogP contribution in [-0.2, 0) is 0 Å². The molecule has 2 nitrogen and oxygen atoms in total. The molecule has 0 aliphatic rings. The maximum Gasteiger partial charge on any atom is 0.235 e. The number of rotatable bonds is 2. The summed E-state index contributed by atoms with van der Waals surface area (Å²) in [6, 6.07) is 1.24. The number of hydrogen-bond donors (Lipinski definition) is 0. The molecule has 0 N–H and O–H groups in total. The minimum absolute atomic E-state index is 0.0291. The smallest absolute Gasteiger partial charge is 0.235 e. The summed E-state index contributed by atoms with van der Waals surface area (Å²) in [4.78, 5) is 11.7. The number of benzene rings is 1. The van der Waals surface area contributed by atoms with E-state index in [0.717, 1.165) is 6.26 Å². The van der Waals surface area contributed by atoms with Gasteiger partial charge in [0.15, 0.2) is 29.0 Å². The second kappa shape index (κ2) is 4.76. The highest BCUT2D eigenvalue weighted by molar-refractivity contribution is 9.10. The molecule has 0 amide bonds. The van der Waals surface area contributed by atoms with Crippen molar-refractivity contribution in [2.75, 3.05) is 0 Å². The van der Waals surface area contributed by atoms with Crippen LogP contribution in [0.2, 0.25) is 0 Å². The van der Waals surface area contributed by atoms with E-state index in [-0.39, 0.29) is 4.47 Å². The average Bonchev–Trinajstić information content (AvgIpc) is 2.80. The Bertz CT molecular complexity index is 651. The molecule has 0 aliphatic carbocycles. The summed E-state index contributed by atoms with van der Waals surface area (Å²) in [5.74, 6) is -13.1. The molecule has 0 bridgehead atoms. The highest BCUT2D eigenvalue weighted by atomic mass is 79.9. The molecule has 0 spiro atoms. The Morgan fingerprint density at radius 1 is 0.947 bits per heavy atom. The number of halogens is 6. The fourth-order valence-corrected chi connectivity index (χ4v) is 1.75. The van der Waals surface area contributed by atoms with Crippen LogP contribution in [0.5, 0.6) is 0 Å². The van der Waals surface area contributed by atoms with Crippen LogP contribution in [0.3, 0.4) is 0 Å². The first-order chi connectivity index (χ1) is 8.86. The zero-order valence-corrected chi connectivity index (χ0v) is 10.3. The van der Waals surface area contributed by atoms with Gasteiger partial charge in [0.25, 0.3) is 0 Å². The monoisotopic (exact) mass is 340 g/mol. The van der Waals surface area contributed by atoms with Crippen LogP contribution in [-0.4, -0.2) is 5.78 Å². The highest BCUT2D eigenvalue weighted by Crippen LogP contribution is 2.28. The molecular formula is C11H2BrF5O2. The lowest BCUT2D eigenvalue weighted by Gasteiger charge is -2.06. The van der Waals surface area contributed by atoms with Crippen LogP contribution in [0.15, 0.2) is 21.2 Å². The molecule has 2 rings (SSSR count). The van der Waals surface area contributed by atoms with E-state index < -0.39 is 46.2 Å². The molecule has 1 aromatic carbocycles. The minimum atomic E-state index is -2.33. The van der Waals surface area contributed by atoms with E-state index in [1.54, 1.807) is 0 Å². The van der Waals surface area contributed by atoms with E-state index in [9.17, 15) is 26.7 Å². The molecule has 19 heavy (non-hydrogen) atoms. The Kier molecular flexibility index (Phi) is 3.44. The Hall–Kier alpha value is -1.70. The van der Waals surface area contributed by atoms with E-state index in [4.69, 9.17) is 0 Å². The van der Waals surface area contributed by atoms with Crippen LogP contribution in [0, 0.1) is 29.1 Å². The highest BCUT2D eigenvalue weighted by Gasteiger charge is 2.32. The van der Waals surface area contributed by atoms with E-state index in [1.807, 2.05) is 0 Å². The quantitative estimate of drug-likeness (QED) is 0.358. The lowest BCUT2D eigenvalue weighted by molar-refractivity contribution is 0.0997. The van der Waals surface area contributed by atoms with Crippen molar-refractivity contribution in [2.45, 2.75) is 0 Å². The first-order valence-electron chi connectivity index (χ1n) is 4.65. The molecule has 1 heterocycles. The van der Waals surface area contributed by atoms with Gasteiger partial charge in [-0.3, -0.25) is 4.79 Å². The largest absolute Gasteiger partial charge is 0.460 e. The lowest BCUT2D eigenvalue weighted by atomic mass is 10.1. The number of carbonyl (C=O) groups excluding carboxylic acids is 1. The number of furan rings is 1. The summed E-state index contributed by atoms with van der Waals surface area (Å²) >= 11 is 2.84. The SMILES string of the molecule is O=C(c1occc1Br)c1c(F)c(F)c(F)c(F)c1F. The van der Waals surface area contributed by atoms with E-state index >= 15 is 0 Å². The van der Waals surface area contributed by atoms with Gasteiger partial charge < -0.3 is 4.42 Å². The van der Waals surface area contributed by atoms with Crippen molar-refractivity contribution in [2.24, 2.45) is 0 Å². The van der Waals surface area contributed by atoms with Crippen molar-refractivity contribution in [1.82, 2.24) is 0 Å². The maximum atomic E-state index is 13.4. The predicted molar refractivity (Wildman–Crippen MR) is 56.1 cm³/mol. The summed E-state index contributed by atoms with van der Waals surface area (Å²) in [6.45, 7) is 0. The fraction of sp³-hybridized carbons (Fsp3) is 0. The molecule has 0 unspecified atom stereocenters. The molecule has 0 atom stereocenters. The van der Waals surface area contributed by atoms with Gasteiger partial charge in [-0.05, 0) is 22.0 Å². The van der Waals surface area contributed by atoms with Crippen molar-refractivity contribution in [3.8, 4) is 0 Å². The first-order valence-corrected chi connectivity index (χ1v) is 5.44. The van der Waals surface area contributed by atoms with Crippen molar-refractivity contribution in [3.05, 3.63) is 57.2 Å². The number of carbonyl (C=O) groups is 1. The molecule has 0 saturated heterocycles. The Morgan fingerprint density at radius 2 is 1.42 bits per heavy atom. The van der Waals surface area contributed by atoms with Gasteiger partial charge in [0, 0.05) is 0 Å². The van der Waals surface area contributed by atoms with Crippen LogP contribution in [0.1, 0.15) is 16.1 Å². The molecule has 1 aromatic heterocycles. The number of hydrogen-bond acceptors (Lipinski definition) is 2. The molecular weight excluding hydrogens is 339 g/mol. The van der Waals surface area contributed by atoms with Crippen molar-refractivity contribution in [1.29, 1.82) is 0 Å². The van der Waals surface area contributed by atoms with Gasteiger partial charge >= 0.3 is 0 Å². The fourth-order valence-electron chi connectivity index (χ4n) is 1.37. The van der Waals surface area contributed by atoms with Crippen LogP contribution < -0.4 is 0 Å². The number of ketones is 1. The second-order valence-corrected chi connectivity index (χ2v) is 4.23. The summed E-state index contributed by atoms with van der Waals surface area (Å²) in [6.07, 6.45) is 1.02. The molecule has 0 radical (unpaired) electrons. The van der Waals surface area contributed by atoms with Crippen LogP contribution >= 0.6 is 15.9 Å². The third-order valence-corrected chi connectivity index (χ3v) is 2.88. The predicted octanol–water partition coefficient (Wildman–Crippen LogP) is 3.97. The Morgan fingerprint density at radius 3 is 1.84 bits per heavy atom. The van der Waals surface area contributed by atoms with Gasteiger partial charge in [-0.2, -0.15) is 0 Å². The summed E-state index contributed by atoms with van der Waals surface area (Å²) < 4.78 is 70.1. The molecule has 100 valence electrons. The molecule has 2 aromatic rings. The summed E-state index contributed by atoms with van der Waals surface area (Å²) in [5, 5.41) is 0.